The molecule has 0 unspecified atom stereocenters. The second kappa shape index (κ2) is 5.04. The fraction of sp³-hybridized carbons (Fsp3) is 0.286. The van der Waals surface area contributed by atoms with Crippen LogP contribution in [0.1, 0.15) is 12.5 Å². The zero-order chi connectivity index (χ0) is 13.1. The summed E-state index contributed by atoms with van der Waals surface area (Å²) in [6.07, 6.45) is 0. The first kappa shape index (κ1) is 12.4. The Morgan fingerprint density at radius 1 is 1.33 bits per heavy atom. The van der Waals surface area contributed by atoms with Crippen molar-refractivity contribution in [3.8, 4) is 0 Å². The molecule has 0 aliphatic carbocycles. The molecule has 1 aromatic carbocycles. The summed E-state index contributed by atoms with van der Waals surface area (Å²) in [5.41, 5.74) is 1.62. The monoisotopic (exact) mass is 244 g/mol. The Labute approximate surface area is 105 Å². The predicted molar refractivity (Wildman–Crippen MR) is 71.6 cm³/mol. The molecule has 4 nitrogen and oxygen atoms in total. The molecular weight excluding hydrogens is 228 g/mol. The number of benzene rings is 1. The highest BCUT2D eigenvalue weighted by molar-refractivity contribution is 5.79. The van der Waals surface area contributed by atoms with E-state index in [1.165, 1.54) is 6.92 Å². The summed E-state index contributed by atoms with van der Waals surface area (Å²) < 4.78 is 1.71. The van der Waals surface area contributed by atoms with Crippen molar-refractivity contribution < 1.29 is 4.79 Å². The van der Waals surface area contributed by atoms with Crippen LogP contribution in [0.2, 0.25) is 0 Å². The number of para-hydroxylation sites is 1. The SMILES string of the molecule is CC(=O)NCCn1c(=O)c(C)cc2ccccc21. The van der Waals surface area contributed by atoms with E-state index in [1.54, 1.807) is 4.57 Å². The van der Waals surface area contributed by atoms with E-state index in [9.17, 15) is 9.59 Å². The van der Waals surface area contributed by atoms with Gasteiger partial charge in [-0.25, -0.2) is 0 Å². The molecule has 0 atom stereocenters. The number of carbonyl (C=O) groups is 1. The van der Waals surface area contributed by atoms with Crippen molar-refractivity contribution in [1.29, 1.82) is 0 Å². The van der Waals surface area contributed by atoms with Gasteiger partial charge in [-0.3, -0.25) is 9.59 Å². The third-order valence-corrected chi connectivity index (χ3v) is 2.89. The minimum Gasteiger partial charge on any atom is -0.355 e. The maximum absolute atomic E-state index is 12.1. The topological polar surface area (TPSA) is 51.1 Å². The fourth-order valence-electron chi connectivity index (χ4n) is 2.04. The minimum atomic E-state index is -0.0833. The number of carbonyl (C=O) groups excluding carboxylic acids is 1. The second-order valence-corrected chi connectivity index (χ2v) is 4.33. The van der Waals surface area contributed by atoms with Gasteiger partial charge in [0.2, 0.25) is 5.91 Å². The first-order valence-electron chi connectivity index (χ1n) is 5.93. The van der Waals surface area contributed by atoms with Crippen LogP contribution in [-0.4, -0.2) is 17.0 Å². The molecule has 18 heavy (non-hydrogen) atoms. The normalized spacial score (nSPS) is 10.6. The van der Waals surface area contributed by atoms with Crippen LogP contribution in [0.4, 0.5) is 0 Å². The molecule has 0 bridgehead atoms. The van der Waals surface area contributed by atoms with Gasteiger partial charge >= 0.3 is 0 Å². The molecule has 0 saturated carbocycles. The molecule has 0 aliphatic rings. The quantitative estimate of drug-likeness (QED) is 0.888. The van der Waals surface area contributed by atoms with Crippen LogP contribution >= 0.6 is 0 Å². The molecule has 0 spiro atoms. The Kier molecular flexibility index (Phi) is 3.46. The number of nitrogens with one attached hydrogen (secondary N) is 1. The van der Waals surface area contributed by atoms with Crippen LogP contribution in [0.25, 0.3) is 10.9 Å². The lowest BCUT2D eigenvalue weighted by Gasteiger charge is -2.11. The van der Waals surface area contributed by atoms with E-state index in [4.69, 9.17) is 0 Å². The number of fused-ring (bicyclic) bond motifs is 1. The van der Waals surface area contributed by atoms with Gasteiger partial charge in [-0.1, -0.05) is 18.2 Å². The van der Waals surface area contributed by atoms with Crippen molar-refractivity contribution in [2.24, 2.45) is 0 Å². The van der Waals surface area contributed by atoms with Gasteiger partial charge in [0.1, 0.15) is 0 Å². The van der Waals surface area contributed by atoms with E-state index in [0.717, 1.165) is 16.5 Å². The van der Waals surface area contributed by atoms with Crippen LogP contribution in [0.15, 0.2) is 35.1 Å². The number of hydrogen-bond donors (Lipinski definition) is 1. The average Bonchev–Trinajstić information content (AvgIpc) is 2.33. The lowest BCUT2D eigenvalue weighted by Crippen LogP contribution is -2.30. The fourth-order valence-corrected chi connectivity index (χ4v) is 2.04. The molecule has 4 heteroatoms. The lowest BCUT2D eigenvalue weighted by atomic mass is 10.1. The molecule has 1 N–H and O–H groups in total. The number of rotatable bonds is 3. The Balaban J connectivity index is 2.43. The van der Waals surface area contributed by atoms with Gasteiger partial charge in [0.25, 0.3) is 5.56 Å². The van der Waals surface area contributed by atoms with Crippen molar-refractivity contribution in [3.05, 3.63) is 46.2 Å². The van der Waals surface area contributed by atoms with Crippen molar-refractivity contribution in [2.45, 2.75) is 20.4 Å². The second-order valence-electron chi connectivity index (χ2n) is 4.33. The Bertz CT molecular complexity index is 644. The van der Waals surface area contributed by atoms with Gasteiger partial charge < -0.3 is 9.88 Å². The molecule has 0 radical (unpaired) electrons. The number of nitrogens with zero attached hydrogens (tertiary/aromatic N) is 1. The summed E-state index contributed by atoms with van der Waals surface area (Å²) in [6.45, 7) is 4.23. The Morgan fingerprint density at radius 2 is 2.06 bits per heavy atom. The lowest BCUT2D eigenvalue weighted by molar-refractivity contribution is -0.118. The van der Waals surface area contributed by atoms with E-state index >= 15 is 0 Å². The molecule has 0 saturated heterocycles. The molecule has 1 aromatic heterocycles. The molecule has 2 rings (SSSR count). The molecular formula is C14H16N2O2. The number of hydrogen-bond acceptors (Lipinski definition) is 2. The molecule has 1 amide bonds. The van der Waals surface area contributed by atoms with Gasteiger partial charge in [-0.05, 0) is 24.4 Å². The molecule has 94 valence electrons. The maximum Gasteiger partial charge on any atom is 0.254 e. The predicted octanol–water partition coefficient (Wildman–Crippen LogP) is 1.45. The number of amides is 1. The third-order valence-electron chi connectivity index (χ3n) is 2.89. The summed E-state index contributed by atoms with van der Waals surface area (Å²) in [5, 5.41) is 3.75. The van der Waals surface area contributed by atoms with E-state index in [-0.39, 0.29) is 11.5 Å². The van der Waals surface area contributed by atoms with Crippen molar-refractivity contribution in [3.63, 3.8) is 0 Å². The van der Waals surface area contributed by atoms with E-state index < -0.39 is 0 Å². The van der Waals surface area contributed by atoms with Crippen LogP contribution in [-0.2, 0) is 11.3 Å². The summed E-state index contributed by atoms with van der Waals surface area (Å²) in [4.78, 5) is 23.0. The highest BCUT2D eigenvalue weighted by Gasteiger charge is 2.05. The first-order valence-corrected chi connectivity index (χ1v) is 5.93. The third kappa shape index (κ3) is 2.42. The summed E-state index contributed by atoms with van der Waals surface area (Å²) in [7, 11) is 0. The Morgan fingerprint density at radius 3 is 2.78 bits per heavy atom. The van der Waals surface area contributed by atoms with Gasteiger partial charge in [-0.15, -0.1) is 0 Å². The smallest absolute Gasteiger partial charge is 0.254 e. The van der Waals surface area contributed by atoms with Gasteiger partial charge in [0.15, 0.2) is 0 Å². The van der Waals surface area contributed by atoms with Crippen molar-refractivity contribution in [2.75, 3.05) is 6.54 Å². The van der Waals surface area contributed by atoms with Crippen LogP contribution in [0.3, 0.4) is 0 Å². The van der Waals surface area contributed by atoms with Gasteiger partial charge in [-0.2, -0.15) is 0 Å². The highest BCUT2D eigenvalue weighted by Crippen LogP contribution is 2.12. The number of aryl methyl sites for hydroxylation is 1. The molecule has 0 aliphatic heterocycles. The van der Waals surface area contributed by atoms with E-state index in [2.05, 4.69) is 5.32 Å². The molecule has 1 heterocycles. The summed E-state index contributed by atoms with van der Waals surface area (Å²) >= 11 is 0. The van der Waals surface area contributed by atoms with Crippen LogP contribution in [0, 0.1) is 6.92 Å². The minimum absolute atomic E-state index is 0.000878. The largest absolute Gasteiger partial charge is 0.355 e. The van der Waals surface area contributed by atoms with Crippen LogP contribution in [0.5, 0.6) is 0 Å². The van der Waals surface area contributed by atoms with Gasteiger partial charge in [0.05, 0.1) is 5.52 Å². The average molecular weight is 244 g/mol. The van der Waals surface area contributed by atoms with Crippen molar-refractivity contribution in [1.82, 2.24) is 9.88 Å². The van der Waals surface area contributed by atoms with Crippen LogP contribution < -0.4 is 10.9 Å². The van der Waals surface area contributed by atoms with Gasteiger partial charge in [0, 0.05) is 25.6 Å². The number of aromatic nitrogens is 1. The molecule has 0 fully saturated rings. The first-order chi connectivity index (χ1) is 8.59. The van der Waals surface area contributed by atoms with E-state index in [1.807, 2.05) is 37.3 Å². The maximum atomic E-state index is 12.1. The molecule has 2 aromatic rings. The standard InChI is InChI=1S/C14H16N2O2/c1-10-9-12-5-3-4-6-13(12)16(14(10)18)8-7-15-11(2)17/h3-6,9H,7-8H2,1-2H3,(H,15,17). The Hall–Kier alpha value is -2.10. The highest BCUT2D eigenvalue weighted by atomic mass is 16.1. The number of pyridine rings is 1. The summed E-state index contributed by atoms with van der Waals surface area (Å²) in [5.74, 6) is -0.0833. The zero-order valence-corrected chi connectivity index (χ0v) is 10.6. The zero-order valence-electron chi connectivity index (χ0n) is 10.6. The van der Waals surface area contributed by atoms with E-state index in [0.29, 0.717) is 13.1 Å². The van der Waals surface area contributed by atoms with Crippen molar-refractivity contribution >= 4 is 16.8 Å². The summed E-state index contributed by atoms with van der Waals surface area (Å²) in [6, 6.07) is 9.66.